The third kappa shape index (κ3) is 3.37. The molecule has 1 saturated carbocycles. The fourth-order valence-corrected chi connectivity index (χ4v) is 4.06. The molecule has 1 heterocycles. The van der Waals surface area contributed by atoms with Crippen molar-refractivity contribution in [3.8, 4) is 0 Å². The lowest BCUT2D eigenvalue weighted by Crippen LogP contribution is -2.45. The van der Waals surface area contributed by atoms with Crippen LogP contribution in [0.1, 0.15) is 59.3 Å². The van der Waals surface area contributed by atoms with E-state index in [2.05, 4.69) is 27.8 Å². The van der Waals surface area contributed by atoms with Crippen LogP contribution in [0.4, 0.5) is 0 Å². The van der Waals surface area contributed by atoms with Crippen molar-refractivity contribution in [1.82, 2.24) is 4.90 Å². The maximum absolute atomic E-state index is 12.6. The second-order valence-electron chi connectivity index (χ2n) is 7.51. The lowest BCUT2D eigenvalue weighted by atomic mass is 9.81. The van der Waals surface area contributed by atoms with Gasteiger partial charge in [0.2, 0.25) is 11.8 Å². The molecular formula is C18H33N2O2+. The second-order valence-corrected chi connectivity index (χ2v) is 7.51. The summed E-state index contributed by atoms with van der Waals surface area (Å²) in [6.45, 7) is 9.90. The fourth-order valence-electron chi connectivity index (χ4n) is 4.06. The predicted octanol–water partition coefficient (Wildman–Crippen LogP) is 2.82. The zero-order valence-electron chi connectivity index (χ0n) is 14.8. The van der Waals surface area contributed by atoms with Crippen LogP contribution in [-0.4, -0.2) is 53.9 Å². The Morgan fingerprint density at radius 2 is 1.59 bits per heavy atom. The molecule has 0 bridgehead atoms. The number of rotatable bonds is 7. The minimum atomic E-state index is -0.00368. The highest BCUT2D eigenvalue weighted by molar-refractivity contribution is 6.05. The average molecular weight is 309 g/mol. The molecule has 0 unspecified atom stereocenters. The molecule has 2 aliphatic rings. The van der Waals surface area contributed by atoms with Crippen LogP contribution in [0.25, 0.3) is 0 Å². The zero-order chi connectivity index (χ0) is 16.3. The molecule has 126 valence electrons. The number of imide groups is 1. The van der Waals surface area contributed by atoms with Gasteiger partial charge < -0.3 is 4.48 Å². The smallest absolute Gasteiger partial charge is 0.233 e. The molecule has 4 heteroatoms. The summed E-state index contributed by atoms with van der Waals surface area (Å²) >= 11 is 0. The van der Waals surface area contributed by atoms with Crippen molar-refractivity contribution in [2.24, 2.45) is 11.8 Å². The summed E-state index contributed by atoms with van der Waals surface area (Å²) < 4.78 is 1.07. The predicted molar refractivity (Wildman–Crippen MR) is 88.1 cm³/mol. The first-order chi connectivity index (χ1) is 10.4. The quantitative estimate of drug-likeness (QED) is 0.536. The van der Waals surface area contributed by atoms with Crippen LogP contribution < -0.4 is 0 Å². The van der Waals surface area contributed by atoms with Crippen molar-refractivity contribution < 1.29 is 14.1 Å². The van der Waals surface area contributed by atoms with Crippen molar-refractivity contribution >= 4 is 11.8 Å². The van der Waals surface area contributed by atoms with E-state index in [1.807, 2.05) is 0 Å². The Morgan fingerprint density at radius 1 is 1.09 bits per heavy atom. The Morgan fingerprint density at radius 3 is 2.05 bits per heavy atom. The Labute approximate surface area is 135 Å². The van der Waals surface area contributed by atoms with Crippen molar-refractivity contribution in [1.29, 1.82) is 0 Å². The topological polar surface area (TPSA) is 37.4 Å². The van der Waals surface area contributed by atoms with Gasteiger partial charge in [-0.3, -0.25) is 14.5 Å². The fraction of sp³-hybridized carbons (Fsp3) is 0.889. The third-order valence-electron chi connectivity index (χ3n) is 6.16. The first-order valence-corrected chi connectivity index (χ1v) is 9.14. The number of carbonyl (C=O) groups excluding carboxylic acids is 2. The molecule has 0 aromatic carbocycles. The van der Waals surface area contributed by atoms with Gasteiger partial charge in [0.25, 0.3) is 0 Å². The van der Waals surface area contributed by atoms with Crippen molar-refractivity contribution in [2.75, 3.05) is 26.7 Å². The Bertz CT molecular complexity index is 393. The number of carbonyl (C=O) groups is 2. The highest BCUT2D eigenvalue weighted by atomic mass is 16.2. The molecule has 4 nitrogen and oxygen atoms in total. The van der Waals surface area contributed by atoms with E-state index in [1.165, 1.54) is 0 Å². The van der Waals surface area contributed by atoms with Gasteiger partial charge in [-0.05, 0) is 46.5 Å². The molecule has 0 aromatic rings. The normalized spacial score (nSPS) is 27.2. The largest absolute Gasteiger partial charge is 0.327 e. The maximum Gasteiger partial charge on any atom is 0.233 e. The minimum absolute atomic E-state index is 0.00368. The van der Waals surface area contributed by atoms with Gasteiger partial charge in [0.1, 0.15) is 0 Å². The summed E-state index contributed by atoms with van der Waals surface area (Å²) in [5.74, 6) is 0.225. The van der Waals surface area contributed by atoms with Gasteiger partial charge in [0.15, 0.2) is 0 Å². The number of hydrogen-bond donors (Lipinski definition) is 0. The van der Waals surface area contributed by atoms with E-state index in [0.717, 1.165) is 62.6 Å². The standard InChI is InChI=1S/C18H33N2O2/c1-5-20(4,6-2)13-9-10-14(3)19-17(21)15-11-7-8-12-16(15)18(19)22/h14-16H,5-13H2,1-4H3/q+1/t14-,15-,16-/m0/s1. The molecule has 0 spiro atoms. The molecule has 2 fully saturated rings. The molecule has 3 atom stereocenters. The van der Waals surface area contributed by atoms with Crippen LogP contribution >= 0.6 is 0 Å². The van der Waals surface area contributed by atoms with E-state index in [0.29, 0.717) is 0 Å². The maximum atomic E-state index is 12.6. The number of likely N-dealkylation sites (tertiary alicyclic amines) is 1. The monoisotopic (exact) mass is 309 g/mol. The van der Waals surface area contributed by atoms with Crippen molar-refractivity contribution in [3.63, 3.8) is 0 Å². The molecule has 1 aliphatic carbocycles. The number of quaternary nitrogens is 1. The molecular weight excluding hydrogens is 276 g/mol. The van der Waals surface area contributed by atoms with Crippen LogP contribution in [0.5, 0.6) is 0 Å². The Balaban J connectivity index is 1.91. The summed E-state index contributed by atoms with van der Waals surface area (Å²) in [6, 6.07) is 0.0627. The summed E-state index contributed by atoms with van der Waals surface area (Å²) in [5.41, 5.74) is 0. The van der Waals surface area contributed by atoms with E-state index in [4.69, 9.17) is 0 Å². The van der Waals surface area contributed by atoms with E-state index in [9.17, 15) is 9.59 Å². The Hall–Kier alpha value is -0.900. The minimum Gasteiger partial charge on any atom is -0.327 e. The second kappa shape index (κ2) is 7.12. The highest BCUT2D eigenvalue weighted by Gasteiger charge is 2.49. The summed E-state index contributed by atoms with van der Waals surface area (Å²) in [7, 11) is 2.28. The highest BCUT2D eigenvalue weighted by Crippen LogP contribution is 2.39. The molecule has 2 amide bonds. The van der Waals surface area contributed by atoms with Gasteiger partial charge in [-0.2, -0.15) is 0 Å². The van der Waals surface area contributed by atoms with Gasteiger partial charge in [-0.1, -0.05) is 12.8 Å². The number of amides is 2. The van der Waals surface area contributed by atoms with Gasteiger partial charge in [0.05, 0.1) is 38.5 Å². The van der Waals surface area contributed by atoms with Gasteiger partial charge >= 0.3 is 0 Å². The molecule has 0 aromatic heterocycles. The number of nitrogens with zero attached hydrogens (tertiary/aromatic N) is 2. The van der Waals surface area contributed by atoms with Crippen LogP contribution in [-0.2, 0) is 9.59 Å². The van der Waals surface area contributed by atoms with Crippen LogP contribution in [0.2, 0.25) is 0 Å². The van der Waals surface area contributed by atoms with Gasteiger partial charge in [-0.25, -0.2) is 0 Å². The summed E-state index contributed by atoms with van der Waals surface area (Å²) in [6.07, 6.45) is 6.05. The lowest BCUT2D eigenvalue weighted by molar-refractivity contribution is -0.906. The summed E-state index contributed by atoms with van der Waals surface area (Å²) in [4.78, 5) is 26.7. The van der Waals surface area contributed by atoms with Gasteiger partial charge in [0, 0.05) is 6.04 Å². The molecule has 0 radical (unpaired) electrons. The van der Waals surface area contributed by atoms with Crippen LogP contribution in [0.3, 0.4) is 0 Å². The molecule has 1 saturated heterocycles. The first kappa shape index (κ1) is 17.5. The molecule has 1 aliphatic heterocycles. The van der Waals surface area contributed by atoms with E-state index < -0.39 is 0 Å². The first-order valence-electron chi connectivity index (χ1n) is 9.14. The zero-order valence-corrected chi connectivity index (χ0v) is 14.8. The third-order valence-corrected chi connectivity index (χ3v) is 6.16. The molecule has 22 heavy (non-hydrogen) atoms. The average Bonchev–Trinajstić information content (AvgIpc) is 2.79. The Kier molecular flexibility index (Phi) is 5.65. The van der Waals surface area contributed by atoms with E-state index in [-0.39, 0.29) is 29.7 Å². The number of fused-ring (bicyclic) bond motifs is 1. The number of hydrogen-bond acceptors (Lipinski definition) is 2. The lowest BCUT2D eigenvalue weighted by Gasteiger charge is -2.33. The molecule has 0 N–H and O–H groups in total. The van der Waals surface area contributed by atoms with Crippen molar-refractivity contribution in [2.45, 2.75) is 65.3 Å². The van der Waals surface area contributed by atoms with E-state index >= 15 is 0 Å². The summed E-state index contributed by atoms with van der Waals surface area (Å²) in [5, 5.41) is 0. The van der Waals surface area contributed by atoms with Gasteiger partial charge in [-0.15, -0.1) is 0 Å². The van der Waals surface area contributed by atoms with E-state index in [1.54, 1.807) is 4.90 Å². The van der Waals surface area contributed by atoms with Crippen molar-refractivity contribution in [3.05, 3.63) is 0 Å². The van der Waals surface area contributed by atoms with Crippen LogP contribution in [0.15, 0.2) is 0 Å². The molecule has 2 rings (SSSR count). The van der Waals surface area contributed by atoms with Crippen LogP contribution in [0, 0.1) is 11.8 Å². The SMILES string of the molecule is CC[N+](C)(CC)CCC[C@H](C)N1C(=O)[C@H]2CCCC[C@@H]2C1=O.